The van der Waals surface area contributed by atoms with Crippen LogP contribution in [0.4, 0.5) is 5.69 Å². The molecular formula is C22H26ClN3O3. The zero-order valence-electron chi connectivity index (χ0n) is 16.1. The Balaban J connectivity index is 0.00000240. The maximum atomic E-state index is 13.0. The van der Waals surface area contributed by atoms with E-state index in [0.717, 1.165) is 18.4 Å². The number of ether oxygens (including phenoxy) is 1. The molecule has 0 bridgehead atoms. The van der Waals surface area contributed by atoms with Gasteiger partial charge in [0, 0.05) is 42.9 Å². The third-order valence-electron chi connectivity index (χ3n) is 5.48. The Morgan fingerprint density at radius 3 is 2.59 bits per heavy atom. The van der Waals surface area contributed by atoms with Crippen molar-refractivity contribution in [1.82, 2.24) is 4.90 Å². The lowest BCUT2D eigenvalue weighted by molar-refractivity contribution is -0.124. The van der Waals surface area contributed by atoms with Crippen molar-refractivity contribution < 1.29 is 14.3 Å². The Kier molecular flexibility index (Phi) is 6.90. The molecule has 3 atom stereocenters. The Hall–Kier alpha value is -2.41. The van der Waals surface area contributed by atoms with Gasteiger partial charge in [-0.2, -0.15) is 0 Å². The fraction of sp³-hybridized carbons (Fsp3) is 0.364. The molecule has 0 saturated carbocycles. The van der Waals surface area contributed by atoms with Crippen LogP contribution in [0.15, 0.2) is 54.6 Å². The van der Waals surface area contributed by atoms with E-state index in [0.29, 0.717) is 30.9 Å². The van der Waals surface area contributed by atoms with E-state index in [-0.39, 0.29) is 36.2 Å². The third kappa shape index (κ3) is 4.78. The van der Waals surface area contributed by atoms with E-state index in [4.69, 9.17) is 10.5 Å². The smallest absolute Gasteiger partial charge is 0.254 e. The summed E-state index contributed by atoms with van der Waals surface area (Å²) >= 11 is 0. The van der Waals surface area contributed by atoms with Crippen LogP contribution in [-0.2, 0) is 9.53 Å². The number of nitrogens with one attached hydrogen (secondary N) is 1. The number of hydrogen-bond acceptors (Lipinski definition) is 4. The molecule has 0 aliphatic carbocycles. The molecule has 2 heterocycles. The number of carbonyl (C=O) groups is 2. The van der Waals surface area contributed by atoms with Crippen molar-refractivity contribution in [2.45, 2.75) is 30.9 Å². The Morgan fingerprint density at radius 2 is 1.86 bits per heavy atom. The van der Waals surface area contributed by atoms with Crippen molar-refractivity contribution in [3.05, 3.63) is 65.7 Å². The summed E-state index contributed by atoms with van der Waals surface area (Å²) in [6.45, 7) is 1.73. The Morgan fingerprint density at radius 1 is 1.07 bits per heavy atom. The first kappa shape index (κ1) is 21.3. The van der Waals surface area contributed by atoms with Crippen molar-refractivity contribution >= 4 is 29.9 Å². The van der Waals surface area contributed by atoms with Crippen LogP contribution in [-0.4, -0.2) is 48.6 Å². The van der Waals surface area contributed by atoms with Gasteiger partial charge in [-0.15, -0.1) is 12.4 Å². The van der Waals surface area contributed by atoms with Crippen LogP contribution in [0.3, 0.4) is 0 Å². The average Bonchev–Trinajstić information content (AvgIpc) is 3.38. The highest BCUT2D eigenvalue weighted by atomic mass is 35.5. The van der Waals surface area contributed by atoms with E-state index in [1.165, 1.54) is 0 Å². The van der Waals surface area contributed by atoms with Crippen molar-refractivity contribution in [3.63, 3.8) is 0 Å². The van der Waals surface area contributed by atoms with E-state index in [1.54, 1.807) is 29.2 Å². The van der Waals surface area contributed by atoms with Gasteiger partial charge in [-0.05, 0) is 36.6 Å². The molecule has 2 saturated heterocycles. The van der Waals surface area contributed by atoms with Gasteiger partial charge in [0.05, 0.1) is 0 Å². The molecule has 2 aliphatic heterocycles. The molecule has 29 heavy (non-hydrogen) atoms. The van der Waals surface area contributed by atoms with E-state index in [2.05, 4.69) is 17.4 Å². The zero-order chi connectivity index (χ0) is 19.5. The van der Waals surface area contributed by atoms with Crippen molar-refractivity contribution in [2.24, 2.45) is 5.73 Å². The predicted octanol–water partition coefficient (Wildman–Crippen LogP) is 2.79. The normalized spacial score (nSPS) is 23.5. The summed E-state index contributed by atoms with van der Waals surface area (Å²) in [5.74, 6) is -0.0934. The van der Waals surface area contributed by atoms with Gasteiger partial charge >= 0.3 is 0 Å². The van der Waals surface area contributed by atoms with Crippen LogP contribution in [0.2, 0.25) is 0 Å². The van der Waals surface area contributed by atoms with E-state index in [9.17, 15) is 9.59 Å². The van der Waals surface area contributed by atoms with E-state index >= 15 is 0 Å². The summed E-state index contributed by atoms with van der Waals surface area (Å²) in [4.78, 5) is 27.0. The molecule has 3 N–H and O–H groups in total. The average molecular weight is 416 g/mol. The number of carbonyl (C=O) groups excluding carboxylic acids is 2. The highest BCUT2D eigenvalue weighted by Gasteiger charge is 2.34. The molecule has 6 nitrogen and oxygen atoms in total. The van der Waals surface area contributed by atoms with Crippen molar-refractivity contribution in [1.29, 1.82) is 0 Å². The van der Waals surface area contributed by atoms with Crippen LogP contribution in [0.25, 0.3) is 0 Å². The van der Waals surface area contributed by atoms with Gasteiger partial charge in [0.2, 0.25) is 0 Å². The van der Waals surface area contributed by atoms with Gasteiger partial charge in [0.15, 0.2) is 0 Å². The zero-order valence-corrected chi connectivity index (χ0v) is 16.9. The lowest BCUT2D eigenvalue weighted by Crippen LogP contribution is -2.32. The quantitative estimate of drug-likeness (QED) is 0.804. The molecule has 2 fully saturated rings. The fourth-order valence-electron chi connectivity index (χ4n) is 3.97. The lowest BCUT2D eigenvalue weighted by atomic mass is 9.95. The second-order valence-corrected chi connectivity index (χ2v) is 7.46. The summed E-state index contributed by atoms with van der Waals surface area (Å²) in [7, 11) is 0. The first-order valence-corrected chi connectivity index (χ1v) is 9.74. The molecule has 0 radical (unpaired) electrons. The molecule has 2 aromatic rings. The van der Waals surface area contributed by atoms with Crippen LogP contribution in [0.1, 0.15) is 34.7 Å². The Bertz CT molecular complexity index is 855. The topological polar surface area (TPSA) is 84.7 Å². The van der Waals surface area contributed by atoms with Gasteiger partial charge in [-0.25, -0.2) is 0 Å². The number of nitrogens with zero attached hydrogens (tertiary/aromatic N) is 1. The first-order valence-electron chi connectivity index (χ1n) is 9.74. The third-order valence-corrected chi connectivity index (χ3v) is 5.48. The summed E-state index contributed by atoms with van der Waals surface area (Å²) in [6.07, 6.45) is 1.23. The summed E-state index contributed by atoms with van der Waals surface area (Å²) < 4.78 is 5.41. The number of rotatable bonds is 4. The molecule has 4 rings (SSSR count). The van der Waals surface area contributed by atoms with Gasteiger partial charge in [0.25, 0.3) is 11.8 Å². The number of anilines is 1. The highest BCUT2D eigenvalue weighted by Crippen LogP contribution is 2.28. The van der Waals surface area contributed by atoms with Gasteiger partial charge in [0.1, 0.15) is 6.10 Å². The summed E-state index contributed by atoms with van der Waals surface area (Å²) in [5, 5.41) is 2.85. The molecule has 7 heteroatoms. The molecule has 2 amide bonds. The van der Waals surface area contributed by atoms with Gasteiger partial charge < -0.3 is 20.7 Å². The van der Waals surface area contributed by atoms with Gasteiger partial charge in [-0.1, -0.05) is 36.4 Å². The molecular weight excluding hydrogens is 390 g/mol. The van der Waals surface area contributed by atoms with E-state index < -0.39 is 6.10 Å². The fourth-order valence-corrected chi connectivity index (χ4v) is 3.97. The van der Waals surface area contributed by atoms with Crippen LogP contribution < -0.4 is 11.1 Å². The number of amides is 2. The number of likely N-dealkylation sites (tertiary alicyclic amines) is 1. The van der Waals surface area contributed by atoms with E-state index in [1.807, 2.05) is 18.2 Å². The number of nitrogens with two attached hydrogens (primary N) is 1. The Labute approximate surface area is 176 Å². The first-order chi connectivity index (χ1) is 13.6. The molecule has 0 spiro atoms. The minimum absolute atomic E-state index is 0. The molecule has 154 valence electrons. The van der Waals surface area contributed by atoms with Crippen LogP contribution in [0, 0.1) is 0 Å². The maximum Gasteiger partial charge on any atom is 0.254 e. The highest BCUT2D eigenvalue weighted by molar-refractivity contribution is 5.98. The molecule has 2 aliphatic rings. The second kappa shape index (κ2) is 9.39. The molecule has 0 aromatic heterocycles. The van der Waals surface area contributed by atoms with Gasteiger partial charge in [-0.3, -0.25) is 9.59 Å². The summed E-state index contributed by atoms with van der Waals surface area (Å²) in [6, 6.07) is 17.0. The second-order valence-electron chi connectivity index (χ2n) is 7.46. The standard InChI is InChI=1S/C22H25N3O3.ClH/c23-19-14-25(13-18(19)15-6-2-1-3-7-15)22(27)16-8-4-9-17(12-16)24-21(26)20-10-5-11-28-20;/h1-4,6-9,12,18-20H,5,10-11,13-14,23H2,(H,24,26);1H/t18-,19+,20?;/m0./s1. The van der Waals surface area contributed by atoms with Crippen molar-refractivity contribution in [3.8, 4) is 0 Å². The lowest BCUT2D eigenvalue weighted by Gasteiger charge is -2.17. The maximum absolute atomic E-state index is 13.0. The number of halogens is 1. The monoisotopic (exact) mass is 415 g/mol. The number of hydrogen-bond donors (Lipinski definition) is 2. The van der Waals surface area contributed by atoms with Crippen LogP contribution >= 0.6 is 12.4 Å². The SMILES string of the molecule is Cl.N[C@@H]1CN(C(=O)c2cccc(NC(=O)C3CCCO3)c2)C[C@H]1c1ccccc1. The summed E-state index contributed by atoms with van der Waals surface area (Å²) in [5.41, 5.74) is 8.63. The minimum Gasteiger partial charge on any atom is -0.368 e. The number of benzene rings is 2. The van der Waals surface area contributed by atoms with Crippen molar-refractivity contribution in [2.75, 3.05) is 25.0 Å². The molecule has 1 unspecified atom stereocenters. The minimum atomic E-state index is -0.400. The predicted molar refractivity (Wildman–Crippen MR) is 114 cm³/mol. The van der Waals surface area contributed by atoms with Crippen LogP contribution in [0.5, 0.6) is 0 Å². The largest absolute Gasteiger partial charge is 0.368 e. The molecule has 2 aromatic carbocycles.